The molecule has 0 fully saturated rings. The van der Waals surface area contributed by atoms with Gasteiger partial charge in [0, 0.05) is 13.3 Å². The summed E-state index contributed by atoms with van der Waals surface area (Å²) in [6.07, 6.45) is 2.21. The number of benzene rings is 1. The summed E-state index contributed by atoms with van der Waals surface area (Å²) in [5.74, 6) is 0.816. The number of aromatic amines is 1. The molecule has 0 saturated carbocycles. The van der Waals surface area contributed by atoms with Crippen molar-refractivity contribution < 1.29 is 9.53 Å². The number of esters is 1. The lowest BCUT2D eigenvalue weighted by molar-refractivity contribution is -0.132. The van der Waals surface area contributed by atoms with Crippen LogP contribution in [0.3, 0.4) is 0 Å². The van der Waals surface area contributed by atoms with Crippen LogP contribution in [0, 0.1) is 0 Å². The second kappa shape index (κ2) is 4.61. The minimum absolute atomic E-state index is 0.352. The van der Waals surface area contributed by atoms with E-state index in [0.717, 1.165) is 11.4 Å². The third-order valence-electron chi connectivity index (χ3n) is 2.07. The Morgan fingerprint density at radius 2 is 2.12 bits per heavy atom. The van der Waals surface area contributed by atoms with E-state index in [1.165, 1.54) is 13.1 Å². The Morgan fingerprint density at radius 3 is 2.81 bits per heavy atom. The predicted molar refractivity (Wildman–Crippen MR) is 59.1 cm³/mol. The molecule has 0 radical (unpaired) electrons. The highest BCUT2D eigenvalue weighted by Crippen LogP contribution is 2.10. The number of hydrogen-bond acceptors (Lipinski definition) is 3. The zero-order chi connectivity index (χ0) is 11.4. The van der Waals surface area contributed by atoms with Crippen molar-refractivity contribution in [3.63, 3.8) is 0 Å². The van der Waals surface area contributed by atoms with Crippen molar-refractivity contribution >= 4 is 5.97 Å². The number of ether oxygens (including phenoxy) is 1. The Labute approximate surface area is 93.3 Å². The van der Waals surface area contributed by atoms with Gasteiger partial charge in [0.25, 0.3) is 0 Å². The number of carbonyl (C=O) groups is 1. The van der Waals surface area contributed by atoms with E-state index in [9.17, 15) is 4.79 Å². The summed E-state index contributed by atoms with van der Waals surface area (Å²) in [6, 6.07) is 9.97. The number of H-pyrrole nitrogens is 1. The molecule has 0 aliphatic carbocycles. The highest BCUT2D eigenvalue weighted by atomic mass is 16.5. The Bertz CT molecular complexity index is 477. The van der Waals surface area contributed by atoms with Gasteiger partial charge in [-0.3, -0.25) is 4.79 Å². The number of aromatic nitrogens is 2. The summed E-state index contributed by atoms with van der Waals surface area (Å²) in [4.78, 5) is 17.8. The summed E-state index contributed by atoms with van der Waals surface area (Å²) < 4.78 is 4.88. The Hall–Kier alpha value is -2.10. The van der Waals surface area contributed by atoms with E-state index in [1.54, 1.807) is 0 Å². The van der Waals surface area contributed by atoms with Crippen molar-refractivity contribution in [2.45, 2.75) is 13.3 Å². The van der Waals surface area contributed by atoms with Crippen molar-refractivity contribution in [1.82, 2.24) is 9.97 Å². The number of carbonyl (C=O) groups excluding carboxylic acids is 1. The van der Waals surface area contributed by atoms with Gasteiger partial charge >= 0.3 is 5.97 Å². The lowest BCUT2D eigenvalue weighted by Gasteiger charge is -1.97. The van der Waals surface area contributed by atoms with Crippen LogP contribution in [-0.2, 0) is 11.2 Å². The lowest BCUT2D eigenvalue weighted by Crippen LogP contribution is -2.01. The van der Waals surface area contributed by atoms with Crippen LogP contribution in [0.25, 0.3) is 0 Å². The topological polar surface area (TPSA) is 55.0 Å². The van der Waals surface area contributed by atoms with E-state index in [4.69, 9.17) is 4.74 Å². The molecule has 1 heterocycles. The van der Waals surface area contributed by atoms with E-state index in [-0.39, 0.29) is 5.97 Å². The van der Waals surface area contributed by atoms with Gasteiger partial charge in [0.05, 0.1) is 6.20 Å². The molecule has 4 heteroatoms. The fourth-order valence-electron chi connectivity index (χ4n) is 1.43. The molecule has 0 bridgehead atoms. The maximum Gasteiger partial charge on any atom is 0.309 e. The third-order valence-corrected chi connectivity index (χ3v) is 2.07. The number of hydrogen-bond donors (Lipinski definition) is 1. The molecule has 1 aromatic carbocycles. The maximum atomic E-state index is 10.7. The molecule has 0 spiro atoms. The van der Waals surface area contributed by atoms with Crippen LogP contribution < -0.4 is 4.74 Å². The Morgan fingerprint density at radius 1 is 1.38 bits per heavy atom. The normalized spacial score (nSPS) is 10.1. The highest BCUT2D eigenvalue weighted by Gasteiger charge is 2.04. The van der Waals surface area contributed by atoms with Crippen LogP contribution in [0.5, 0.6) is 5.88 Å². The molecule has 0 atom stereocenters. The number of nitrogens with zero attached hydrogens (tertiary/aromatic N) is 1. The second-order valence-electron chi connectivity index (χ2n) is 3.45. The van der Waals surface area contributed by atoms with Gasteiger partial charge < -0.3 is 9.72 Å². The number of imidazole rings is 1. The molecule has 2 aromatic rings. The molecule has 0 aliphatic heterocycles. The lowest BCUT2D eigenvalue weighted by atomic mass is 10.1. The third kappa shape index (κ3) is 2.70. The molecule has 0 aliphatic rings. The average molecular weight is 216 g/mol. The standard InChI is InChI=1S/C12H12N2O2/c1-9(15)16-12-8-13-11(14-12)7-10-5-3-2-4-6-10/h2-6,8H,7H2,1H3,(H,13,14). The zero-order valence-electron chi connectivity index (χ0n) is 8.93. The summed E-state index contributed by atoms with van der Waals surface area (Å²) >= 11 is 0. The quantitative estimate of drug-likeness (QED) is 0.797. The van der Waals surface area contributed by atoms with Crippen LogP contribution in [-0.4, -0.2) is 15.9 Å². The molecule has 1 aromatic heterocycles. The number of rotatable bonds is 3. The molecule has 16 heavy (non-hydrogen) atoms. The van der Waals surface area contributed by atoms with E-state index >= 15 is 0 Å². The highest BCUT2D eigenvalue weighted by molar-refractivity contribution is 5.68. The van der Waals surface area contributed by atoms with E-state index in [1.807, 2.05) is 30.3 Å². The molecule has 1 N–H and O–H groups in total. The van der Waals surface area contributed by atoms with E-state index < -0.39 is 0 Å². The predicted octanol–water partition coefficient (Wildman–Crippen LogP) is 1.93. The summed E-state index contributed by atoms with van der Waals surface area (Å²) in [5, 5.41) is 0. The van der Waals surface area contributed by atoms with Gasteiger partial charge in [-0.05, 0) is 5.56 Å². The van der Waals surface area contributed by atoms with Gasteiger partial charge in [-0.1, -0.05) is 30.3 Å². The first-order chi connectivity index (χ1) is 7.74. The zero-order valence-corrected chi connectivity index (χ0v) is 8.93. The SMILES string of the molecule is CC(=O)Oc1cnc(Cc2ccccc2)[nH]1. The molecule has 2 rings (SSSR count). The van der Waals surface area contributed by atoms with Gasteiger partial charge in [-0.15, -0.1) is 0 Å². The van der Waals surface area contributed by atoms with Crippen molar-refractivity contribution in [2.75, 3.05) is 0 Å². The molecular formula is C12H12N2O2. The van der Waals surface area contributed by atoms with E-state index in [2.05, 4.69) is 9.97 Å². The Balaban J connectivity index is 2.06. The van der Waals surface area contributed by atoms with Crippen LogP contribution in [0.2, 0.25) is 0 Å². The minimum atomic E-state index is -0.352. The summed E-state index contributed by atoms with van der Waals surface area (Å²) in [6.45, 7) is 1.36. The van der Waals surface area contributed by atoms with Crippen LogP contribution in [0.15, 0.2) is 36.5 Å². The Kier molecular flexibility index (Phi) is 3.00. The summed E-state index contributed by atoms with van der Waals surface area (Å²) in [5.41, 5.74) is 1.16. The smallest absolute Gasteiger partial charge is 0.309 e. The molecule has 4 nitrogen and oxygen atoms in total. The monoisotopic (exact) mass is 216 g/mol. The largest absolute Gasteiger partial charge is 0.408 e. The van der Waals surface area contributed by atoms with Crippen molar-refractivity contribution in [1.29, 1.82) is 0 Å². The first-order valence-electron chi connectivity index (χ1n) is 5.00. The second-order valence-corrected chi connectivity index (χ2v) is 3.45. The van der Waals surface area contributed by atoms with Crippen molar-refractivity contribution in [2.24, 2.45) is 0 Å². The van der Waals surface area contributed by atoms with Gasteiger partial charge in [0.1, 0.15) is 5.82 Å². The average Bonchev–Trinajstić information content (AvgIpc) is 2.66. The maximum absolute atomic E-state index is 10.7. The van der Waals surface area contributed by atoms with Gasteiger partial charge in [0.15, 0.2) is 0 Å². The first-order valence-corrected chi connectivity index (χ1v) is 5.00. The molecule has 0 saturated heterocycles. The molecule has 0 unspecified atom stereocenters. The number of nitrogens with one attached hydrogen (secondary N) is 1. The van der Waals surface area contributed by atoms with Crippen LogP contribution in [0.4, 0.5) is 0 Å². The molecular weight excluding hydrogens is 204 g/mol. The first kappa shape index (κ1) is 10.4. The van der Waals surface area contributed by atoms with E-state index in [0.29, 0.717) is 12.3 Å². The molecule has 82 valence electrons. The van der Waals surface area contributed by atoms with Crippen LogP contribution in [0.1, 0.15) is 18.3 Å². The van der Waals surface area contributed by atoms with Gasteiger partial charge in [0.2, 0.25) is 5.88 Å². The van der Waals surface area contributed by atoms with Gasteiger partial charge in [-0.25, -0.2) is 4.98 Å². The van der Waals surface area contributed by atoms with Crippen molar-refractivity contribution in [3.05, 3.63) is 47.9 Å². The van der Waals surface area contributed by atoms with Crippen molar-refractivity contribution in [3.8, 4) is 5.88 Å². The van der Waals surface area contributed by atoms with Gasteiger partial charge in [-0.2, -0.15) is 0 Å². The van der Waals surface area contributed by atoms with Crippen LogP contribution >= 0.6 is 0 Å². The summed E-state index contributed by atoms with van der Waals surface area (Å²) in [7, 11) is 0. The fraction of sp³-hybridized carbons (Fsp3) is 0.167. The minimum Gasteiger partial charge on any atom is -0.408 e. The fourth-order valence-corrected chi connectivity index (χ4v) is 1.43. The molecule has 0 amide bonds.